The third kappa shape index (κ3) is 7.39. The Kier molecular flexibility index (Phi) is 11.9. The summed E-state index contributed by atoms with van der Waals surface area (Å²) in [5.74, 6) is 0.493. The number of fused-ring (bicyclic) bond motifs is 3. The molecule has 3 aliphatic rings. The molecular formula is C51H54P2. The highest BCUT2D eigenvalue weighted by atomic mass is 31.1. The summed E-state index contributed by atoms with van der Waals surface area (Å²) in [4.78, 5) is 0. The maximum atomic E-state index is 4.60. The molecule has 8 rings (SSSR count). The molecule has 1 aliphatic heterocycles. The second-order valence-corrected chi connectivity index (χ2v) is 17.9. The minimum Gasteiger partial charge on any atom is -0.0912 e. The topological polar surface area (TPSA) is 0 Å². The molecule has 5 aromatic carbocycles. The summed E-state index contributed by atoms with van der Waals surface area (Å²) in [6.07, 6.45) is 18.7. The predicted molar refractivity (Wildman–Crippen MR) is 239 cm³/mol. The minimum atomic E-state index is -0.391. The van der Waals surface area contributed by atoms with Gasteiger partial charge >= 0.3 is 0 Å². The standard InChI is InChI=1S/C49H48P2.C2H6/c1-5-35-15-7-10-18-41(35)44-29-30-51(32-40-24-23-33(3)34(4)47(40)44)46-22-14-13-21-45(46)50-31-39-28-27-38-17-9-12-20-43(38)49(39)48-36(6-2)25-26-37-16-8-11-19-42(37)48;1-2/h5,7,9-10,12-27,39,50H,3-4,6,8,11,28-32H2,1-2H3;1-2H3/b35-5-,44-41+;/t39-,51?;/m0./s1. The van der Waals surface area contributed by atoms with E-state index in [0.717, 1.165) is 57.3 Å². The Balaban J connectivity index is 0.00000214. The lowest BCUT2D eigenvalue weighted by atomic mass is 9.81. The zero-order valence-corrected chi connectivity index (χ0v) is 34.0. The average molecular weight is 729 g/mol. The van der Waals surface area contributed by atoms with Crippen LogP contribution < -0.4 is 52.4 Å². The molecule has 2 heteroatoms. The fourth-order valence-electron chi connectivity index (χ4n) is 8.74. The van der Waals surface area contributed by atoms with Crippen LogP contribution in [0, 0.1) is 5.92 Å². The molecule has 0 saturated carbocycles. The Labute approximate surface area is 319 Å². The molecule has 0 aromatic heterocycles. The van der Waals surface area contributed by atoms with Crippen molar-refractivity contribution in [1.82, 2.24) is 0 Å². The van der Waals surface area contributed by atoms with Crippen molar-refractivity contribution in [2.45, 2.75) is 66.0 Å². The van der Waals surface area contributed by atoms with Crippen molar-refractivity contribution in [2.24, 2.45) is 5.92 Å². The highest BCUT2D eigenvalue weighted by Gasteiger charge is 2.26. The smallest absolute Gasteiger partial charge is 0.00262 e. The van der Waals surface area contributed by atoms with Crippen molar-refractivity contribution >= 4 is 75.7 Å². The van der Waals surface area contributed by atoms with Gasteiger partial charge in [0.05, 0.1) is 0 Å². The zero-order chi connectivity index (χ0) is 36.9. The molecule has 0 nitrogen and oxygen atoms in total. The molecule has 3 atom stereocenters. The number of benzene rings is 5. The van der Waals surface area contributed by atoms with E-state index in [2.05, 4.69) is 148 Å². The molecule has 0 saturated heterocycles. The summed E-state index contributed by atoms with van der Waals surface area (Å²) in [5.41, 5.74) is 8.85. The lowest BCUT2D eigenvalue weighted by Gasteiger charge is -2.27. The molecule has 5 aromatic rings. The van der Waals surface area contributed by atoms with Gasteiger partial charge in [0, 0.05) is 0 Å². The zero-order valence-electron chi connectivity index (χ0n) is 32.1. The molecule has 1 heterocycles. The molecule has 0 N–H and O–H groups in total. The van der Waals surface area contributed by atoms with E-state index in [4.69, 9.17) is 0 Å². The quantitative estimate of drug-likeness (QED) is 0.184. The SMILES string of the molecule is C=c1ccc2c(c1=C)/C(=c1\cccc\c1=C\C)CCP(c1ccccc1PC[C@@H]1CC=c3ccccc3=C1c1c(CC)ccc3c1=CCCC=3)C2.CC. The van der Waals surface area contributed by atoms with E-state index >= 15 is 0 Å². The second-order valence-electron chi connectivity index (χ2n) is 14.2. The number of rotatable bonds is 6. The molecule has 0 radical (unpaired) electrons. The van der Waals surface area contributed by atoms with Gasteiger partial charge < -0.3 is 0 Å². The fourth-order valence-corrected chi connectivity index (χ4v) is 13.2. The first-order chi connectivity index (χ1) is 26.1. The second kappa shape index (κ2) is 16.9. The van der Waals surface area contributed by atoms with E-state index in [-0.39, 0.29) is 0 Å². The first-order valence-corrected chi connectivity index (χ1v) is 22.7. The fraction of sp³-hybridized carbons (Fsp3) is 0.255. The number of hydrogen-bond donors (Lipinski definition) is 0. The number of hydrogen-bond acceptors (Lipinski definition) is 0. The number of aryl methyl sites for hydroxylation is 1. The van der Waals surface area contributed by atoms with Gasteiger partial charge in [-0.15, -0.1) is 0 Å². The molecule has 53 heavy (non-hydrogen) atoms. The molecule has 2 unspecified atom stereocenters. The van der Waals surface area contributed by atoms with Crippen LogP contribution in [-0.4, -0.2) is 12.3 Å². The van der Waals surface area contributed by atoms with E-state index in [1.165, 1.54) is 71.5 Å². The average Bonchev–Trinajstić information content (AvgIpc) is 3.42. The maximum Gasteiger partial charge on any atom is -0.00262 e. The van der Waals surface area contributed by atoms with Gasteiger partial charge in [0.1, 0.15) is 0 Å². The van der Waals surface area contributed by atoms with Crippen LogP contribution in [0.1, 0.15) is 75.6 Å². The third-order valence-electron chi connectivity index (χ3n) is 11.3. The minimum absolute atomic E-state index is 0.391. The van der Waals surface area contributed by atoms with E-state index < -0.39 is 7.92 Å². The van der Waals surface area contributed by atoms with Crippen LogP contribution in [-0.2, 0) is 12.6 Å². The molecule has 2 aliphatic carbocycles. The van der Waals surface area contributed by atoms with Crippen LogP contribution in [0.5, 0.6) is 0 Å². The normalized spacial score (nSPS) is 19.1. The monoisotopic (exact) mass is 728 g/mol. The van der Waals surface area contributed by atoms with Crippen LogP contribution in [0.15, 0.2) is 97.1 Å². The molecule has 0 amide bonds. The predicted octanol–water partition coefficient (Wildman–Crippen LogP) is 6.16. The summed E-state index contributed by atoms with van der Waals surface area (Å²) in [6.45, 7) is 17.5. The maximum absolute atomic E-state index is 4.60. The van der Waals surface area contributed by atoms with Gasteiger partial charge in [-0.05, 0) is 149 Å². The lowest BCUT2D eigenvalue weighted by Crippen LogP contribution is -2.39. The summed E-state index contributed by atoms with van der Waals surface area (Å²) >= 11 is 0. The van der Waals surface area contributed by atoms with Gasteiger partial charge in [0.25, 0.3) is 0 Å². The van der Waals surface area contributed by atoms with Gasteiger partial charge in [-0.1, -0.05) is 172 Å². The Morgan fingerprint density at radius 1 is 0.774 bits per heavy atom. The Morgan fingerprint density at radius 2 is 1.53 bits per heavy atom. The van der Waals surface area contributed by atoms with E-state index in [1.807, 2.05) is 13.8 Å². The van der Waals surface area contributed by atoms with Gasteiger partial charge in [-0.2, -0.15) is 0 Å². The molecule has 268 valence electrons. The van der Waals surface area contributed by atoms with Gasteiger partial charge in [-0.25, -0.2) is 0 Å². The van der Waals surface area contributed by atoms with Gasteiger partial charge in [0.15, 0.2) is 0 Å². The largest absolute Gasteiger partial charge is 0.0912 e. The third-order valence-corrected chi connectivity index (χ3v) is 15.6. The molecule has 0 spiro atoms. The Bertz CT molecular complexity index is 2650. The first kappa shape index (κ1) is 37.2. The molecular weight excluding hydrogens is 675 g/mol. The van der Waals surface area contributed by atoms with E-state index in [9.17, 15) is 0 Å². The Hall–Kier alpha value is -4.08. The lowest BCUT2D eigenvalue weighted by molar-refractivity contribution is 0.782. The van der Waals surface area contributed by atoms with Crippen molar-refractivity contribution < 1.29 is 0 Å². The summed E-state index contributed by atoms with van der Waals surface area (Å²) in [5, 5.41) is 13.7. The summed E-state index contributed by atoms with van der Waals surface area (Å²) in [7, 11) is 0.377. The summed E-state index contributed by atoms with van der Waals surface area (Å²) in [6, 6.07) is 36.9. The van der Waals surface area contributed by atoms with Crippen molar-refractivity contribution in [3.8, 4) is 0 Å². The summed E-state index contributed by atoms with van der Waals surface area (Å²) < 4.78 is 0. The van der Waals surface area contributed by atoms with Crippen LogP contribution in [0.4, 0.5) is 0 Å². The van der Waals surface area contributed by atoms with Crippen LogP contribution >= 0.6 is 16.5 Å². The highest BCUT2D eigenvalue weighted by molar-refractivity contribution is 7.67. The molecule has 0 fully saturated rings. The van der Waals surface area contributed by atoms with Gasteiger partial charge in [-0.3, -0.25) is 0 Å². The van der Waals surface area contributed by atoms with Crippen molar-refractivity contribution in [1.29, 1.82) is 0 Å². The van der Waals surface area contributed by atoms with Crippen LogP contribution in [0.3, 0.4) is 0 Å². The van der Waals surface area contributed by atoms with E-state index in [0.29, 0.717) is 5.92 Å². The van der Waals surface area contributed by atoms with Crippen LogP contribution in [0.25, 0.3) is 48.6 Å². The van der Waals surface area contributed by atoms with Crippen molar-refractivity contribution in [2.75, 3.05) is 12.3 Å². The van der Waals surface area contributed by atoms with Gasteiger partial charge in [0.2, 0.25) is 0 Å². The van der Waals surface area contributed by atoms with Crippen molar-refractivity contribution in [3.63, 3.8) is 0 Å². The molecule has 0 bridgehead atoms. The van der Waals surface area contributed by atoms with Crippen LogP contribution in [0.2, 0.25) is 0 Å². The van der Waals surface area contributed by atoms with Crippen molar-refractivity contribution in [3.05, 3.63) is 161 Å². The van der Waals surface area contributed by atoms with E-state index in [1.54, 1.807) is 16.2 Å². The highest BCUT2D eigenvalue weighted by Crippen LogP contribution is 2.45. The Morgan fingerprint density at radius 3 is 2.36 bits per heavy atom. The first-order valence-electron chi connectivity index (χ1n) is 19.8.